The van der Waals surface area contributed by atoms with Crippen molar-refractivity contribution in [3.63, 3.8) is 0 Å². The molecule has 0 spiro atoms. The first kappa shape index (κ1) is 13.7. The minimum Gasteiger partial charge on any atom is -0.326 e. The van der Waals surface area contributed by atoms with E-state index in [0.717, 1.165) is 21.7 Å². The molecule has 2 aromatic carbocycles. The molecule has 0 heterocycles. The molecule has 2 rings (SSSR count). The molecule has 2 nitrogen and oxygen atoms in total. The van der Waals surface area contributed by atoms with E-state index in [0.29, 0.717) is 6.42 Å². The molecular weight excluding hydrogens is 254 g/mol. The summed E-state index contributed by atoms with van der Waals surface area (Å²) in [6, 6.07) is 15.8. The van der Waals surface area contributed by atoms with Gasteiger partial charge in [-0.05, 0) is 36.4 Å². The number of carbonyl (C=O) groups is 1. The molecule has 0 saturated heterocycles. The summed E-state index contributed by atoms with van der Waals surface area (Å²) in [4.78, 5) is 13.2. The van der Waals surface area contributed by atoms with Gasteiger partial charge >= 0.3 is 0 Å². The minimum absolute atomic E-state index is 0.0239. The van der Waals surface area contributed by atoms with Crippen LogP contribution in [0.25, 0.3) is 0 Å². The molecule has 0 aliphatic heterocycles. The molecular formula is C16H17NOS. The van der Waals surface area contributed by atoms with Crippen LogP contribution in [0.5, 0.6) is 0 Å². The van der Waals surface area contributed by atoms with Crippen molar-refractivity contribution in [1.29, 1.82) is 0 Å². The van der Waals surface area contributed by atoms with Crippen LogP contribution in [0.1, 0.15) is 11.1 Å². The highest BCUT2D eigenvalue weighted by Crippen LogP contribution is 2.21. The lowest BCUT2D eigenvalue weighted by Gasteiger charge is -2.10. The topological polar surface area (TPSA) is 29.1 Å². The Balaban J connectivity index is 2.08. The van der Waals surface area contributed by atoms with E-state index in [9.17, 15) is 4.79 Å². The molecule has 0 bridgehead atoms. The first-order chi connectivity index (χ1) is 9.20. The van der Waals surface area contributed by atoms with Crippen molar-refractivity contribution < 1.29 is 4.79 Å². The van der Waals surface area contributed by atoms with Gasteiger partial charge in [0.15, 0.2) is 0 Å². The van der Waals surface area contributed by atoms with E-state index in [4.69, 9.17) is 0 Å². The molecule has 0 aliphatic rings. The zero-order chi connectivity index (χ0) is 13.7. The second kappa shape index (κ2) is 6.43. The molecule has 0 aliphatic carbocycles. The summed E-state index contributed by atoms with van der Waals surface area (Å²) in [5.74, 6) is 0.0239. The molecule has 19 heavy (non-hydrogen) atoms. The Morgan fingerprint density at radius 1 is 1.11 bits per heavy atom. The molecule has 0 fully saturated rings. The third kappa shape index (κ3) is 3.61. The quantitative estimate of drug-likeness (QED) is 0.855. The van der Waals surface area contributed by atoms with Gasteiger partial charge in [-0.2, -0.15) is 0 Å². The van der Waals surface area contributed by atoms with Crippen molar-refractivity contribution in [3.05, 3.63) is 59.7 Å². The second-order valence-electron chi connectivity index (χ2n) is 4.35. The Bertz CT molecular complexity index is 580. The van der Waals surface area contributed by atoms with Gasteiger partial charge < -0.3 is 5.32 Å². The zero-order valence-corrected chi connectivity index (χ0v) is 12.0. The van der Waals surface area contributed by atoms with Crippen molar-refractivity contribution in [2.24, 2.45) is 0 Å². The van der Waals surface area contributed by atoms with E-state index in [1.54, 1.807) is 11.8 Å². The zero-order valence-electron chi connectivity index (χ0n) is 11.1. The molecule has 1 N–H and O–H groups in total. The van der Waals surface area contributed by atoms with Crippen molar-refractivity contribution in [1.82, 2.24) is 0 Å². The lowest BCUT2D eigenvalue weighted by molar-refractivity contribution is -0.115. The molecule has 3 heteroatoms. The maximum Gasteiger partial charge on any atom is 0.228 e. The van der Waals surface area contributed by atoms with E-state index in [-0.39, 0.29) is 5.91 Å². The molecule has 0 unspecified atom stereocenters. The number of carbonyl (C=O) groups excluding carboxylic acids is 1. The van der Waals surface area contributed by atoms with E-state index in [1.807, 2.05) is 61.7 Å². The van der Waals surface area contributed by atoms with Crippen LogP contribution in [0.4, 0.5) is 5.69 Å². The van der Waals surface area contributed by atoms with Gasteiger partial charge in [0.1, 0.15) is 0 Å². The smallest absolute Gasteiger partial charge is 0.228 e. The van der Waals surface area contributed by atoms with Gasteiger partial charge in [0.2, 0.25) is 5.91 Å². The number of para-hydroxylation sites is 1. The average molecular weight is 271 g/mol. The van der Waals surface area contributed by atoms with E-state index >= 15 is 0 Å². The molecule has 98 valence electrons. The Kier molecular flexibility index (Phi) is 4.63. The first-order valence-corrected chi connectivity index (χ1v) is 7.40. The molecule has 1 amide bonds. The third-order valence-electron chi connectivity index (χ3n) is 2.96. The van der Waals surface area contributed by atoms with Crippen LogP contribution in [0.15, 0.2) is 53.4 Å². The molecule has 0 radical (unpaired) electrons. The van der Waals surface area contributed by atoms with Crippen LogP contribution in [-0.4, -0.2) is 12.2 Å². The normalized spacial score (nSPS) is 10.2. The highest BCUT2D eigenvalue weighted by atomic mass is 32.2. The molecule has 2 aromatic rings. The number of rotatable bonds is 4. The van der Waals surface area contributed by atoms with Crippen molar-refractivity contribution in [2.75, 3.05) is 11.6 Å². The summed E-state index contributed by atoms with van der Waals surface area (Å²) in [5, 5.41) is 2.96. The largest absolute Gasteiger partial charge is 0.326 e. The maximum atomic E-state index is 12.1. The number of amides is 1. The van der Waals surface area contributed by atoms with Gasteiger partial charge in [0.25, 0.3) is 0 Å². The van der Waals surface area contributed by atoms with Gasteiger partial charge in [-0.3, -0.25) is 4.79 Å². The van der Waals surface area contributed by atoms with Crippen LogP contribution in [-0.2, 0) is 11.2 Å². The van der Waals surface area contributed by atoms with Crippen LogP contribution in [0, 0.1) is 6.92 Å². The number of nitrogens with one attached hydrogen (secondary N) is 1. The molecule has 0 aromatic heterocycles. The fourth-order valence-corrected chi connectivity index (χ4v) is 2.55. The van der Waals surface area contributed by atoms with Crippen LogP contribution in [0.2, 0.25) is 0 Å². The second-order valence-corrected chi connectivity index (χ2v) is 5.20. The van der Waals surface area contributed by atoms with Crippen molar-refractivity contribution in [3.8, 4) is 0 Å². The van der Waals surface area contributed by atoms with Gasteiger partial charge in [0.05, 0.1) is 6.42 Å². The molecule has 0 saturated carbocycles. The summed E-state index contributed by atoms with van der Waals surface area (Å²) in [7, 11) is 0. The minimum atomic E-state index is 0.0239. The van der Waals surface area contributed by atoms with E-state index in [2.05, 4.69) is 5.32 Å². The fraction of sp³-hybridized carbons (Fsp3) is 0.188. The third-order valence-corrected chi connectivity index (χ3v) is 3.80. The fourth-order valence-electron chi connectivity index (χ4n) is 1.93. The Labute approximate surface area is 118 Å². The standard InChI is InChI=1S/C16H17NOS/c1-12-7-3-5-9-14(12)17-16(18)11-13-8-4-6-10-15(13)19-2/h3-10H,11H2,1-2H3,(H,17,18). The number of benzene rings is 2. The first-order valence-electron chi connectivity index (χ1n) is 6.18. The molecule has 0 atom stereocenters. The van der Waals surface area contributed by atoms with Gasteiger partial charge in [-0.25, -0.2) is 0 Å². The van der Waals surface area contributed by atoms with Crippen molar-refractivity contribution in [2.45, 2.75) is 18.2 Å². The highest BCUT2D eigenvalue weighted by molar-refractivity contribution is 7.98. The van der Waals surface area contributed by atoms with Crippen molar-refractivity contribution >= 4 is 23.4 Å². The predicted molar refractivity (Wildman–Crippen MR) is 81.7 cm³/mol. The number of hydrogen-bond acceptors (Lipinski definition) is 2. The lowest BCUT2D eigenvalue weighted by atomic mass is 10.1. The number of thioether (sulfide) groups is 1. The summed E-state index contributed by atoms with van der Waals surface area (Å²) >= 11 is 1.67. The summed E-state index contributed by atoms with van der Waals surface area (Å²) in [5.41, 5.74) is 3.03. The summed E-state index contributed by atoms with van der Waals surface area (Å²) < 4.78 is 0. The monoisotopic (exact) mass is 271 g/mol. The van der Waals surface area contributed by atoms with Gasteiger partial charge in [-0.1, -0.05) is 36.4 Å². The Hall–Kier alpha value is -1.74. The maximum absolute atomic E-state index is 12.1. The lowest BCUT2D eigenvalue weighted by Crippen LogP contribution is -2.15. The van der Waals surface area contributed by atoms with E-state index in [1.165, 1.54) is 0 Å². The van der Waals surface area contributed by atoms with Gasteiger partial charge in [0, 0.05) is 10.6 Å². The summed E-state index contributed by atoms with van der Waals surface area (Å²) in [6.07, 6.45) is 2.43. The Morgan fingerprint density at radius 2 is 1.79 bits per heavy atom. The number of anilines is 1. The number of hydrogen-bond donors (Lipinski definition) is 1. The number of aryl methyl sites for hydroxylation is 1. The Morgan fingerprint density at radius 3 is 2.53 bits per heavy atom. The van der Waals surface area contributed by atoms with Crippen LogP contribution in [0.3, 0.4) is 0 Å². The SMILES string of the molecule is CSc1ccccc1CC(=O)Nc1ccccc1C. The predicted octanol–water partition coefficient (Wildman–Crippen LogP) is 3.90. The highest BCUT2D eigenvalue weighted by Gasteiger charge is 2.08. The average Bonchev–Trinajstić information content (AvgIpc) is 2.42. The summed E-state index contributed by atoms with van der Waals surface area (Å²) in [6.45, 7) is 1.99. The van der Waals surface area contributed by atoms with Crippen LogP contribution < -0.4 is 5.32 Å². The van der Waals surface area contributed by atoms with Gasteiger partial charge in [-0.15, -0.1) is 11.8 Å². The van der Waals surface area contributed by atoms with E-state index < -0.39 is 0 Å². The van der Waals surface area contributed by atoms with Crippen LogP contribution >= 0.6 is 11.8 Å².